The van der Waals surface area contributed by atoms with E-state index in [2.05, 4.69) is 43.5 Å². The van der Waals surface area contributed by atoms with Crippen LogP contribution in [-0.4, -0.2) is 47.4 Å². The van der Waals surface area contributed by atoms with Gasteiger partial charge in [-0.3, -0.25) is 9.59 Å². The number of allylic oxidation sites excluding steroid dienone is 5. The number of esters is 1. The van der Waals surface area contributed by atoms with E-state index in [4.69, 9.17) is 4.74 Å². The molecule has 0 heterocycles. The molecule has 79 heavy (non-hydrogen) atoms. The van der Waals surface area contributed by atoms with Crippen LogP contribution >= 0.6 is 0 Å². The van der Waals surface area contributed by atoms with E-state index in [1.807, 2.05) is 6.08 Å². The maximum Gasteiger partial charge on any atom is 0.305 e. The number of carbonyl (C=O) groups is 2. The van der Waals surface area contributed by atoms with Crippen LogP contribution in [0.15, 0.2) is 36.5 Å². The molecule has 0 radical (unpaired) electrons. The zero-order chi connectivity index (χ0) is 57.1. The molecule has 0 saturated heterocycles. The van der Waals surface area contributed by atoms with E-state index in [1.165, 1.54) is 321 Å². The summed E-state index contributed by atoms with van der Waals surface area (Å²) in [7, 11) is 0. The van der Waals surface area contributed by atoms with Crippen LogP contribution in [0.2, 0.25) is 0 Å². The van der Waals surface area contributed by atoms with Gasteiger partial charge in [-0.1, -0.05) is 333 Å². The van der Waals surface area contributed by atoms with E-state index in [-0.39, 0.29) is 18.5 Å². The summed E-state index contributed by atoms with van der Waals surface area (Å²) in [5.74, 6) is -0.0578. The number of nitrogens with one attached hydrogen (secondary N) is 1. The lowest BCUT2D eigenvalue weighted by atomic mass is 10.0. The van der Waals surface area contributed by atoms with E-state index in [1.54, 1.807) is 6.08 Å². The molecule has 0 saturated carbocycles. The maximum absolute atomic E-state index is 12.5. The monoisotopic (exact) mass is 1110 g/mol. The van der Waals surface area contributed by atoms with Gasteiger partial charge in [0.1, 0.15) is 0 Å². The molecule has 6 heteroatoms. The number of amides is 1. The zero-order valence-corrected chi connectivity index (χ0v) is 53.4. The lowest BCUT2D eigenvalue weighted by molar-refractivity contribution is -0.143. The van der Waals surface area contributed by atoms with Gasteiger partial charge in [0.2, 0.25) is 5.91 Å². The Morgan fingerprint density at radius 3 is 0.899 bits per heavy atom. The van der Waals surface area contributed by atoms with Gasteiger partial charge in [0.05, 0.1) is 25.4 Å². The first-order valence-electron chi connectivity index (χ1n) is 35.8. The van der Waals surface area contributed by atoms with Crippen molar-refractivity contribution in [1.82, 2.24) is 5.32 Å². The Morgan fingerprint density at radius 1 is 0.342 bits per heavy atom. The SMILES string of the molecule is CCCCCCCCC/C=C\CCCCCCCC(=O)OCCCCCCCCCCCCCC/C=C\CCCCCCCCCCCCCC(=O)NC(CO)C(O)/C=C/CCCCCCCCCCCCCCCCCCC. The molecule has 3 N–H and O–H groups in total. The van der Waals surface area contributed by atoms with Crippen molar-refractivity contribution in [2.24, 2.45) is 0 Å². The van der Waals surface area contributed by atoms with Crippen LogP contribution in [0.4, 0.5) is 0 Å². The van der Waals surface area contributed by atoms with Crippen LogP contribution in [0.1, 0.15) is 393 Å². The van der Waals surface area contributed by atoms with Crippen molar-refractivity contribution in [2.45, 2.75) is 405 Å². The smallest absolute Gasteiger partial charge is 0.305 e. The molecule has 0 aromatic rings. The second-order valence-electron chi connectivity index (χ2n) is 24.6. The van der Waals surface area contributed by atoms with E-state index in [0.29, 0.717) is 19.4 Å². The van der Waals surface area contributed by atoms with Gasteiger partial charge in [-0.15, -0.1) is 0 Å². The summed E-state index contributed by atoms with van der Waals surface area (Å²) in [6.07, 6.45) is 87.9. The van der Waals surface area contributed by atoms with Crippen molar-refractivity contribution in [3.05, 3.63) is 36.5 Å². The number of ether oxygens (including phenoxy) is 1. The summed E-state index contributed by atoms with van der Waals surface area (Å²) in [6, 6.07) is -0.629. The molecule has 0 aliphatic rings. The number of aliphatic hydroxyl groups is 2. The molecule has 0 aliphatic carbocycles. The highest BCUT2D eigenvalue weighted by atomic mass is 16.5. The molecule has 2 atom stereocenters. The average molecular weight is 1110 g/mol. The van der Waals surface area contributed by atoms with Gasteiger partial charge in [0.15, 0.2) is 0 Å². The van der Waals surface area contributed by atoms with E-state index < -0.39 is 12.1 Å². The van der Waals surface area contributed by atoms with Gasteiger partial charge in [0.25, 0.3) is 0 Å². The van der Waals surface area contributed by atoms with Crippen LogP contribution < -0.4 is 5.32 Å². The Balaban J connectivity index is 3.40. The fourth-order valence-electron chi connectivity index (χ4n) is 11.2. The van der Waals surface area contributed by atoms with E-state index in [9.17, 15) is 19.8 Å². The molecule has 6 nitrogen and oxygen atoms in total. The fourth-order valence-corrected chi connectivity index (χ4v) is 11.2. The number of hydrogen-bond acceptors (Lipinski definition) is 5. The predicted octanol–water partition coefficient (Wildman–Crippen LogP) is 23.1. The van der Waals surface area contributed by atoms with Gasteiger partial charge in [-0.25, -0.2) is 0 Å². The number of hydrogen-bond donors (Lipinski definition) is 3. The Labute approximate surface area is 494 Å². The largest absolute Gasteiger partial charge is 0.466 e. The minimum Gasteiger partial charge on any atom is -0.466 e. The first-order valence-corrected chi connectivity index (χ1v) is 35.8. The standard InChI is InChI=1S/C73H139NO5/c1-3-5-7-9-11-13-15-17-19-21-31-34-37-41-45-49-53-57-61-65-71(76)70(69-75)74-72(77)66-62-58-54-50-46-42-38-35-32-29-27-25-23-22-24-26-28-30-33-36-40-44-48-52-56-60-64-68-79-73(78)67-63-59-55-51-47-43-39-20-18-16-14-12-10-8-6-4-2/h20,22-23,39,61,65,70-71,75-76H,3-19,21,24-38,40-60,62-64,66-69H2,1-2H3,(H,74,77)/b23-22-,39-20-,65-61+. The molecule has 1 amide bonds. The maximum atomic E-state index is 12.5. The topological polar surface area (TPSA) is 95.9 Å². The summed E-state index contributed by atoms with van der Waals surface area (Å²) in [4.78, 5) is 24.6. The second kappa shape index (κ2) is 68.6. The highest BCUT2D eigenvalue weighted by molar-refractivity contribution is 5.76. The van der Waals surface area contributed by atoms with Crippen molar-refractivity contribution < 1.29 is 24.5 Å². The van der Waals surface area contributed by atoms with Crippen LogP contribution in [0, 0.1) is 0 Å². The Kier molecular flexibility index (Phi) is 66.9. The van der Waals surface area contributed by atoms with Crippen LogP contribution in [0.25, 0.3) is 0 Å². The molecule has 0 aliphatic heterocycles. The second-order valence-corrected chi connectivity index (χ2v) is 24.6. The fraction of sp³-hybridized carbons (Fsp3) is 0.890. The molecular formula is C73H139NO5. The first kappa shape index (κ1) is 77.1. The van der Waals surface area contributed by atoms with Crippen LogP contribution in [0.5, 0.6) is 0 Å². The van der Waals surface area contributed by atoms with Gasteiger partial charge in [-0.05, 0) is 83.5 Å². The first-order chi connectivity index (χ1) is 39.0. The van der Waals surface area contributed by atoms with Crippen molar-refractivity contribution in [3.63, 3.8) is 0 Å². The summed E-state index contributed by atoms with van der Waals surface area (Å²) in [5, 5.41) is 23.2. The van der Waals surface area contributed by atoms with E-state index >= 15 is 0 Å². The zero-order valence-electron chi connectivity index (χ0n) is 53.4. The highest BCUT2D eigenvalue weighted by Gasteiger charge is 2.18. The normalized spacial score (nSPS) is 12.7. The minimum absolute atomic E-state index is 0.00783. The Hall–Kier alpha value is -1.92. The summed E-state index contributed by atoms with van der Waals surface area (Å²) in [5.41, 5.74) is 0. The molecule has 466 valence electrons. The van der Waals surface area contributed by atoms with Crippen molar-refractivity contribution in [3.8, 4) is 0 Å². The predicted molar refractivity (Wildman–Crippen MR) is 347 cm³/mol. The Bertz CT molecular complexity index is 1280. The van der Waals surface area contributed by atoms with Crippen molar-refractivity contribution in [2.75, 3.05) is 13.2 Å². The van der Waals surface area contributed by atoms with Crippen molar-refractivity contribution >= 4 is 11.9 Å². The third-order valence-corrected chi connectivity index (χ3v) is 16.6. The van der Waals surface area contributed by atoms with Gasteiger partial charge >= 0.3 is 5.97 Å². The molecule has 0 fully saturated rings. The van der Waals surface area contributed by atoms with Gasteiger partial charge in [0, 0.05) is 12.8 Å². The quantitative estimate of drug-likeness (QED) is 0.0320. The van der Waals surface area contributed by atoms with Gasteiger partial charge in [-0.2, -0.15) is 0 Å². The molecule has 0 aromatic carbocycles. The third kappa shape index (κ3) is 65.1. The summed E-state index contributed by atoms with van der Waals surface area (Å²) >= 11 is 0. The molecule has 0 aromatic heterocycles. The molecular weight excluding hydrogens is 971 g/mol. The third-order valence-electron chi connectivity index (χ3n) is 16.6. The molecule has 0 spiro atoms. The number of carbonyl (C=O) groups excluding carboxylic acids is 2. The summed E-state index contributed by atoms with van der Waals surface area (Å²) in [6.45, 7) is 4.93. The van der Waals surface area contributed by atoms with E-state index in [0.717, 1.165) is 44.9 Å². The highest BCUT2D eigenvalue weighted by Crippen LogP contribution is 2.18. The van der Waals surface area contributed by atoms with Crippen LogP contribution in [-0.2, 0) is 14.3 Å². The Morgan fingerprint density at radius 2 is 0.595 bits per heavy atom. The lowest BCUT2D eigenvalue weighted by Crippen LogP contribution is -2.45. The summed E-state index contributed by atoms with van der Waals surface area (Å²) < 4.78 is 5.49. The number of unbranched alkanes of at least 4 members (excludes halogenated alkanes) is 52. The molecule has 0 bridgehead atoms. The molecule has 2 unspecified atom stereocenters. The minimum atomic E-state index is -0.846. The number of rotatable bonds is 67. The van der Waals surface area contributed by atoms with Gasteiger partial charge < -0.3 is 20.3 Å². The molecule has 0 rings (SSSR count). The van der Waals surface area contributed by atoms with Crippen LogP contribution in [0.3, 0.4) is 0 Å². The number of aliphatic hydroxyl groups excluding tert-OH is 2. The average Bonchev–Trinajstić information content (AvgIpc) is 3.45. The van der Waals surface area contributed by atoms with Crippen molar-refractivity contribution in [1.29, 1.82) is 0 Å². The lowest BCUT2D eigenvalue weighted by Gasteiger charge is -2.20.